The fourth-order valence-corrected chi connectivity index (χ4v) is 2.39. The summed E-state index contributed by atoms with van der Waals surface area (Å²) >= 11 is 1.99. The summed E-state index contributed by atoms with van der Waals surface area (Å²) < 4.78 is 5.63. The van der Waals surface area contributed by atoms with Crippen molar-refractivity contribution in [2.24, 2.45) is 0 Å². The maximum Gasteiger partial charge on any atom is 0.110 e. The van der Waals surface area contributed by atoms with Crippen LogP contribution in [0.2, 0.25) is 0 Å². The van der Waals surface area contributed by atoms with Crippen LogP contribution in [0.15, 0.2) is 11.8 Å². The molecule has 0 radical (unpaired) electrons. The first-order valence-corrected chi connectivity index (χ1v) is 6.96. The van der Waals surface area contributed by atoms with Crippen molar-refractivity contribution in [3.63, 3.8) is 0 Å². The quantitative estimate of drug-likeness (QED) is 0.725. The zero-order chi connectivity index (χ0) is 11.1. The smallest absolute Gasteiger partial charge is 0.110 e. The molecule has 0 spiro atoms. The first kappa shape index (κ1) is 12.9. The molecule has 0 aromatic rings. The summed E-state index contributed by atoms with van der Waals surface area (Å²) in [5.41, 5.74) is 0. The molecule has 88 valence electrons. The van der Waals surface area contributed by atoms with Crippen molar-refractivity contribution in [3.05, 3.63) is 11.8 Å². The fourth-order valence-electron chi connectivity index (χ4n) is 1.53. The van der Waals surface area contributed by atoms with Crippen LogP contribution in [-0.4, -0.2) is 30.2 Å². The van der Waals surface area contributed by atoms with Crippen LogP contribution in [0.1, 0.15) is 33.6 Å². The number of hydrogen-bond donors (Lipinski definition) is 1. The average Bonchev–Trinajstić information content (AvgIpc) is 2.71. The minimum Gasteiger partial charge on any atom is -0.496 e. The summed E-state index contributed by atoms with van der Waals surface area (Å²) in [6.45, 7) is 8.62. The number of ether oxygens (including phenoxy) is 1. The van der Waals surface area contributed by atoms with Gasteiger partial charge in [-0.25, -0.2) is 0 Å². The standard InChI is InChI=1S/C12H23NOS/c1-4-7-13-11(9-15-10(2)3)12-6-5-8-14-12/h6,10-11,13H,4-5,7-9H2,1-3H3. The topological polar surface area (TPSA) is 21.3 Å². The molecule has 1 N–H and O–H groups in total. The van der Waals surface area contributed by atoms with Gasteiger partial charge in [-0.05, 0) is 24.3 Å². The van der Waals surface area contributed by atoms with Crippen molar-refractivity contribution in [2.45, 2.75) is 44.9 Å². The third-order valence-electron chi connectivity index (χ3n) is 2.31. The minimum absolute atomic E-state index is 0.417. The SMILES string of the molecule is CCCNC(CSC(C)C)C1=CCCO1. The number of hydrogen-bond acceptors (Lipinski definition) is 3. The molecular formula is C12H23NOS. The van der Waals surface area contributed by atoms with E-state index in [1.807, 2.05) is 11.8 Å². The van der Waals surface area contributed by atoms with Crippen molar-refractivity contribution in [1.29, 1.82) is 0 Å². The second kappa shape index (κ2) is 7.18. The first-order valence-electron chi connectivity index (χ1n) is 5.92. The molecule has 1 rings (SSSR count). The predicted molar refractivity (Wildman–Crippen MR) is 68.3 cm³/mol. The van der Waals surface area contributed by atoms with Gasteiger partial charge in [0.25, 0.3) is 0 Å². The molecule has 0 aromatic heterocycles. The molecule has 1 atom stereocenters. The molecule has 15 heavy (non-hydrogen) atoms. The second-order valence-corrected chi connectivity index (χ2v) is 5.74. The van der Waals surface area contributed by atoms with E-state index in [4.69, 9.17) is 4.74 Å². The molecule has 1 unspecified atom stereocenters. The predicted octanol–water partition coefficient (Wildman–Crippen LogP) is 2.80. The first-order chi connectivity index (χ1) is 7.24. The molecule has 0 aliphatic carbocycles. The van der Waals surface area contributed by atoms with Crippen LogP contribution in [0.25, 0.3) is 0 Å². The van der Waals surface area contributed by atoms with Crippen LogP contribution in [0.4, 0.5) is 0 Å². The van der Waals surface area contributed by atoms with Crippen LogP contribution in [0, 0.1) is 0 Å². The van der Waals surface area contributed by atoms with E-state index in [1.54, 1.807) is 0 Å². The molecule has 2 nitrogen and oxygen atoms in total. The van der Waals surface area contributed by atoms with Gasteiger partial charge in [0.1, 0.15) is 5.76 Å². The normalized spacial score (nSPS) is 17.7. The summed E-state index contributed by atoms with van der Waals surface area (Å²) in [6.07, 6.45) is 4.48. The number of nitrogens with one attached hydrogen (secondary N) is 1. The molecule has 0 saturated heterocycles. The van der Waals surface area contributed by atoms with Gasteiger partial charge in [-0.15, -0.1) is 0 Å². The van der Waals surface area contributed by atoms with Gasteiger partial charge in [0.2, 0.25) is 0 Å². The van der Waals surface area contributed by atoms with Crippen LogP contribution in [-0.2, 0) is 4.74 Å². The highest BCUT2D eigenvalue weighted by molar-refractivity contribution is 7.99. The van der Waals surface area contributed by atoms with E-state index in [-0.39, 0.29) is 0 Å². The molecule has 1 aliphatic rings. The van der Waals surface area contributed by atoms with Crippen molar-refractivity contribution < 1.29 is 4.74 Å². The minimum atomic E-state index is 0.417. The van der Waals surface area contributed by atoms with Crippen molar-refractivity contribution in [1.82, 2.24) is 5.32 Å². The highest BCUT2D eigenvalue weighted by atomic mass is 32.2. The lowest BCUT2D eigenvalue weighted by Gasteiger charge is -2.20. The number of thioether (sulfide) groups is 1. The third kappa shape index (κ3) is 4.94. The van der Waals surface area contributed by atoms with E-state index in [0.29, 0.717) is 11.3 Å². The fraction of sp³-hybridized carbons (Fsp3) is 0.833. The molecule has 1 aliphatic heterocycles. The van der Waals surface area contributed by atoms with Crippen LogP contribution < -0.4 is 5.32 Å². The molecule has 0 fully saturated rings. The summed E-state index contributed by atoms with van der Waals surface area (Å²) in [7, 11) is 0. The van der Waals surface area contributed by atoms with Gasteiger partial charge in [0, 0.05) is 12.2 Å². The Bertz CT molecular complexity index is 204. The van der Waals surface area contributed by atoms with E-state index in [1.165, 1.54) is 6.42 Å². The van der Waals surface area contributed by atoms with Gasteiger partial charge in [-0.1, -0.05) is 20.8 Å². The van der Waals surface area contributed by atoms with Crippen molar-refractivity contribution in [2.75, 3.05) is 18.9 Å². The van der Waals surface area contributed by atoms with Gasteiger partial charge in [-0.2, -0.15) is 11.8 Å². The molecule has 1 heterocycles. The van der Waals surface area contributed by atoms with E-state index >= 15 is 0 Å². The summed E-state index contributed by atoms with van der Waals surface area (Å²) in [4.78, 5) is 0. The van der Waals surface area contributed by atoms with Gasteiger partial charge >= 0.3 is 0 Å². The van der Waals surface area contributed by atoms with Gasteiger partial charge < -0.3 is 10.1 Å². The van der Waals surface area contributed by atoms with E-state index in [9.17, 15) is 0 Å². The Kier molecular flexibility index (Phi) is 6.18. The van der Waals surface area contributed by atoms with Crippen LogP contribution in [0.5, 0.6) is 0 Å². The largest absolute Gasteiger partial charge is 0.496 e. The lowest BCUT2D eigenvalue weighted by atomic mass is 10.2. The summed E-state index contributed by atoms with van der Waals surface area (Å²) in [6, 6.07) is 0.417. The second-order valence-electron chi connectivity index (χ2n) is 4.13. The molecule has 0 bridgehead atoms. The molecule has 0 aromatic carbocycles. The molecule has 0 saturated carbocycles. The van der Waals surface area contributed by atoms with Gasteiger partial charge in [0.15, 0.2) is 0 Å². The third-order valence-corrected chi connectivity index (χ3v) is 3.50. The van der Waals surface area contributed by atoms with Crippen molar-refractivity contribution in [3.8, 4) is 0 Å². The lowest BCUT2D eigenvalue weighted by molar-refractivity contribution is 0.220. The van der Waals surface area contributed by atoms with Crippen LogP contribution in [0.3, 0.4) is 0 Å². The highest BCUT2D eigenvalue weighted by Crippen LogP contribution is 2.19. The lowest BCUT2D eigenvalue weighted by Crippen LogP contribution is -2.34. The van der Waals surface area contributed by atoms with E-state index < -0.39 is 0 Å². The Labute approximate surface area is 97.8 Å². The van der Waals surface area contributed by atoms with E-state index in [2.05, 4.69) is 32.2 Å². The Morgan fingerprint density at radius 2 is 2.33 bits per heavy atom. The Balaban J connectivity index is 2.37. The van der Waals surface area contributed by atoms with Crippen LogP contribution >= 0.6 is 11.8 Å². The molecular weight excluding hydrogens is 206 g/mol. The zero-order valence-electron chi connectivity index (χ0n) is 10.1. The van der Waals surface area contributed by atoms with Crippen molar-refractivity contribution >= 4 is 11.8 Å². The number of rotatable bonds is 7. The van der Waals surface area contributed by atoms with Gasteiger partial charge in [-0.3, -0.25) is 0 Å². The van der Waals surface area contributed by atoms with E-state index in [0.717, 1.165) is 31.1 Å². The Morgan fingerprint density at radius 1 is 1.53 bits per heavy atom. The monoisotopic (exact) mass is 229 g/mol. The maximum absolute atomic E-state index is 5.63. The maximum atomic E-state index is 5.63. The zero-order valence-corrected chi connectivity index (χ0v) is 10.9. The Hall–Kier alpha value is -0.150. The summed E-state index contributed by atoms with van der Waals surface area (Å²) in [5.74, 6) is 2.28. The average molecular weight is 229 g/mol. The highest BCUT2D eigenvalue weighted by Gasteiger charge is 2.18. The summed E-state index contributed by atoms with van der Waals surface area (Å²) in [5, 5.41) is 4.25. The Morgan fingerprint density at radius 3 is 2.87 bits per heavy atom. The molecule has 0 amide bonds. The van der Waals surface area contributed by atoms with Gasteiger partial charge in [0.05, 0.1) is 12.6 Å². The molecule has 3 heteroatoms.